The molecular formula is C10H14N2O4S. The predicted octanol–water partition coefficient (Wildman–Crippen LogP) is 1.21. The van der Waals surface area contributed by atoms with Gasteiger partial charge in [0.1, 0.15) is 4.88 Å². The van der Waals surface area contributed by atoms with Crippen molar-refractivity contribution in [2.45, 2.75) is 13.3 Å². The van der Waals surface area contributed by atoms with Gasteiger partial charge in [-0.3, -0.25) is 4.79 Å². The number of esters is 2. The SMILES string of the molecule is COC(=O)CCNc1nc(C)c(C(=O)OC)s1. The largest absolute Gasteiger partial charge is 0.469 e. The predicted molar refractivity (Wildman–Crippen MR) is 63.3 cm³/mol. The first-order valence-corrected chi connectivity index (χ1v) is 5.76. The second-order valence-corrected chi connectivity index (χ2v) is 4.18. The van der Waals surface area contributed by atoms with E-state index in [4.69, 9.17) is 0 Å². The van der Waals surface area contributed by atoms with Crippen molar-refractivity contribution in [2.75, 3.05) is 26.1 Å². The molecule has 0 spiro atoms. The number of methoxy groups -OCH3 is 2. The highest BCUT2D eigenvalue weighted by atomic mass is 32.1. The van der Waals surface area contributed by atoms with Crippen LogP contribution in [0.5, 0.6) is 0 Å². The molecule has 0 aliphatic rings. The molecule has 17 heavy (non-hydrogen) atoms. The Balaban J connectivity index is 2.56. The zero-order chi connectivity index (χ0) is 12.8. The quantitative estimate of drug-likeness (QED) is 0.800. The molecule has 0 saturated carbocycles. The molecule has 0 amide bonds. The zero-order valence-corrected chi connectivity index (χ0v) is 10.7. The molecule has 1 N–H and O–H groups in total. The summed E-state index contributed by atoms with van der Waals surface area (Å²) in [6.07, 6.45) is 0.253. The Hall–Kier alpha value is -1.63. The number of carbonyl (C=O) groups excluding carboxylic acids is 2. The minimum atomic E-state index is -0.402. The molecule has 6 nitrogen and oxygen atoms in total. The lowest BCUT2D eigenvalue weighted by molar-refractivity contribution is -0.140. The van der Waals surface area contributed by atoms with Gasteiger partial charge in [0.2, 0.25) is 0 Å². The number of anilines is 1. The number of hydrogen-bond donors (Lipinski definition) is 1. The van der Waals surface area contributed by atoms with Gasteiger partial charge in [0.25, 0.3) is 0 Å². The van der Waals surface area contributed by atoms with Crippen LogP contribution in [0.25, 0.3) is 0 Å². The molecular weight excluding hydrogens is 244 g/mol. The van der Waals surface area contributed by atoms with E-state index in [0.717, 1.165) is 0 Å². The molecule has 0 saturated heterocycles. The molecule has 0 aliphatic carbocycles. The minimum Gasteiger partial charge on any atom is -0.469 e. The third-order valence-corrected chi connectivity index (χ3v) is 3.10. The summed E-state index contributed by atoms with van der Waals surface area (Å²) < 4.78 is 9.12. The average Bonchev–Trinajstić information content (AvgIpc) is 2.69. The summed E-state index contributed by atoms with van der Waals surface area (Å²) in [7, 11) is 2.66. The summed E-state index contributed by atoms with van der Waals surface area (Å²) in [6.45, 7) is 2.15. The summed E-state index contributed by atoms with van der Waals surface area (Å²) in [5.74, 6) is -0.694. The molecule has 0 aromatic carbocycles. The number of aryl methyl sites for hydroxylation is 1. The van der Waals surface area contributed by atoms with Gasteiger partial charge in [-0.1, -0.05) is 11.3 Å². The highest BCUT2D eigenvalue weighted by Crippen LogP contribution is 2.22. The molecule has 1 aromatic heterocycles. The topological polar surface area (TPSA) is 77.5 Å². The molecule has 7 heteroatoms. The Labute approximate surface area is 103 Å². The highest BCUT2D eigenvalue weighted by molar-refractivity contribution is 7.17. The maximum absolute atomic E-state index is 11.3. The summed E-state index contributed by atoms with van der Waals surface area (Å²) in [5.41, 5.74) is 0.613. The van der Waals surface area contributed by atoms with Crippen molar-refractivity contribution >= 4 is 28.4 Å². The van der Waals surface area contributed by atoms with Crippen LogP contribution in [0.3, 0.4) is 0 Å². The summed E-state index contributed by atoms with van der Waals surface area (Å²) >= 11 is 1.20. The Morgan fingerprint density at radius 1 is 1.35 bits per heavy atom. The van der Waals surface area contributed by atoms with E-state index in [9.17, 15) is 9.59 Å². The van der Waals surface area contributed by atoms with Crippen molar-refractivity contribution < 1.29 is 19.1 Å². The Kier molecular flexibility index (Phi) is 4.89. The second-order valence-electron chi connectivity index (χ2n) is 3.18. The molecule has 0 unspecified atom stereocenters. The molecule has 0 radical (unpaired) electrons. The minimum absolute atomic E-state index is 0.253. The fourth-order valence-electron chi connectivity index (χ4n) is 1.13. The van der Waals surface area contributed by atoms with E-state index in [-0.39, 0.29) is 12.4 Å². The maximum atomic E-state index is 11.3. The standard InChI is InChI=1S/C10H14N2O4S/c1-6-8(9(14)16-3)17-10(12-6)11-5-4-7(13)15-2/h4-5H2,1-3H3,(H,11,12). The zero-order valence-electron chi connectivity index (χ0n) is 9.90. The monoisotopic (exact) mass is 258 g/mol. The second kappa shape index (κ2) is 6.19. The third kappa shape index (κ3) is 3.70. The average molecular weight is 258 g/mol. The molecule has 1 heterocycles. The fraction of sp³-hybridized carbons (Fsp3) is 0.500. The number of hydrogen-bond acceptors (Lipinski definition) is 7. The van der Waals surface area contributed by atoms with Gasteiger partial charge < -0.3 is 14.8 Å². The third-order valence-electron chi connectivity index (χ3n) is 2.00. The van der Waals surface area contributed by atoms with Crippen LogP contribution >= 0.6 is 11.3 Å². The van der Waals surface area contributed by atoms with Gasteiger partial charge in [-0.15, -0.1) is 0 Å². The first-order chi connectivity index (χ1) is 8.08. The van der Waals surface area contributed by atoms with Gasteiger partial charge >= 0.3 is 11.9 Å². The van der Waals surface area contributed by atoms with Crippen molar-refractivity contribution in [2.24, 2.45) is 0 Å². The highest BCUT2D eigenvalue weighted by Gasteiger charge is 2.15. The number of nitrogens with zero attached hydrogens (tertiary/aromatic N) is 1. The van der Waals surface area contributed by atoms with E-state index in [1.165, 1.54) is 25.6 Å². The number of thiazole rings is 1. The van der Waals surface area contributed by atoms with Crippen LogP contribution in [0.1, 0.15) is 21.8 Å². The first kappa shape index (κ1) is 13.4. The number of nitrogens with one attached hydrogen (secondary N) is 1. The van der Waals surface area contributed by atoms with Crippen LogP contribution in [-0.4, -0.2) is 37.7 Å². The van der Waals surface area contributed by atoms with Gasteiger partial charge in [0.05, 0.1) is 26.3 Å². The van der Waals surface area contributed by atoms with Crippen LogP contribution in [0.15, 0.2) is 0 Å². The van der Waals surface area contributed by atoms with Gasteiger partial charge in [-0.2, -0.15) is 0 Å². The Morgan fingerprint density at radius 3 is 2.65 bits per heavy atom. The normalized spacial score (nSPS) is 9.82. The van der Waals surface area contributed by atoms with Crippen molar-refractivity contribution in [3.63, 3.8) is 0 Å². The lowest BCUT2D eigenvalue weighted by Crippen LogP contribution is -2.09. The van der Waals surface area contributed by atoms with Crippen molar-refractivity contribution in [3.05, 3.63) is 10.6 Å². The van der Waals surface area contributed by atoms with Crippen molar-refractivity contribution in [3.8, 4) is 0 Å². The smallest absolute Gasteiger partial charge is 0.350 e. The summed E-state index contributed by atoms with van der Waals surface area (Å²) in [4.78, 5) is 26.8. The molecule has 0 aliphatic heterocycles. The fourth-order valence-corrected chi connectivity index (χ4v) is 2.04. The summed E-state index contributed by atoms with van der Waals surface area (Å²) in [6, 6.07) is 0. The molecule has 0 atom stereocenters. The van der Waals surface area contributed by atoms with Crippen LogP contribution in [-0.2, 0) is 14.3 Å². The van der Waals surface area contributed by atoms with E-state index in [0.29, 0.717) is 22.2 Å². The summed E-state index contributed by atoms with van der Waals surface area (Å²) in [5, 5.41) is 3.54. The van der Waals surface area contributed by atoms with Crippen LogP contribution in [0.2, 0.25) is 0 Å². The lowest BCUT2D eigenvalue weighted by Gasteiger charge is -2.00. The van der Waals surface area contributed by atoms with Gasteiger partial charge in [0.15, 0.2) is 5.13 Å². The van der Waals surface area contributed by atoms with E-state index in [2.05, 4.69) is 19.8 Å². The van der Waals surface area contributed by atoms with Gasteiger partial charge in [-0.05, 0) is 6.92 Å². The van der Waals surface area contributed by atoms with Crippen molar-refractivity contribution in [1.82, 2.24) is 4.98 Å². The van der Waals surface area contributed by atoms with Gasteiger partial charge in [-0.25, -0.2) is 9.78 Å². The first-order valence-electron chi connectivity index (χ1n) is 4.95. The van der Waals surface area contributed by atoms with Crippen molar-refractivity contribution in [1.29, 1.82) is 0 Å². The maximum Gasteiger partial charge on any atom is 0.350 e. The molecule has 0 fully saturated rings. The van der Waals surface area contributed by atoms with E-state index in [1.54, 1.807) is 6.92 Å². The number of rotatable bonds is 5. The number of ether oxygens (including phenoxy) is 2. The lowest BCUT2D eigenvalue weighted by atomic mass is 10.4. The molecule has 1 aromatic rings. The van der Waals surface area contributed by atoms with E-state index in [1.807, 2.05) is 0 Å². The molecule has 1 rings (SSSR count). The number of aromatic nitrogens is 1. The van der Waals surface area contributed by atoms with E-state index >= 15 is 0 Å². The van der Waals surface area contributed by atoms with Crippen LogP contribution in [0, 0.1) is 6.92 Å². The number of carbonyl (C=O) groups is 2. The molecule has 94 valence electrons. The van der Waals surface area contributed by atoms with Gasteiger partial charge in [0, 0.05) is 6.54 Å². The Morgan fingerprint density at radius 2 is 2.06 bits per heavy atom. The van der Waals surface area contributed by atoms with E-state index < -0.39 is 5.97 Å². The van der Waals surface area contributed by atoms with Crippen LogP contribution in [0.4, 0.5) is 5.13 Å². The van der Waals surface area contributed by atoms with Crippen LogP contribution < -0.4 is 5.32 Å². The molecule has 0 bridgehead atoms. The Bertz CT molecular complexity index is 416.